The van der Waals surface area contributed by atoms with E-state index >= 15 is 0 Å². The lowest BCUT2D eigenvalue weighted by atomic mass is 10.1. The van der Waals surface area contributed by atoms with E-state index in [1.807, 2.05) is 73.1 Å². The Labute approximate surface area is 191 Å². The minimum absolute atomic E-state index is 0.121. The van der Waals surface area contributed by atoms with Gasteiger partial charge in [0.15, 0.2) is 6.10 Å². The molecule has 2 amide bonds. The summed E-state index contributed by atoms with van der Waals surface area (Å²) in [5, 5.41) is 2.92. The van der Waals surface area contributed by atoms with Crippen LogP contribution in [0, 0.1) is 6.92 Å². The minimum atomic E-state index is -0.812. The molecule has 0 aliphatic carbocycles. The third-order valence-corrected chi connectivity index (χ3v) is 5.97. The molecule has 3 aromatic carbocycles. The first-order valence-corrected chi connectivity index (χ1v) is 10.8. The van der Waals surface area contributed by atoms with Crippen LogP contribution in [0.15, 0.2) is 72.8 Å². The van der Waals surface area contributed by atoms with Crippen molar-refractivity contribution in [2.24, 2.45) is 7.05 Å². The monoisotopic (exact) mass is 440 g/mol. The number of carbonyl (C=O) groups excluding carboxylic acids is 2. The summed E-state index contributed by atoms with van der Waals surface area (Å²) in [6.45, 7) is 2.44. The van der Waals surface area contributed by atoms with E-state index in [0.29, 0.717) is 23.5 Å². The number of ether oxygens (including phenoxy) is 1. The maximum Gasteiger partial charge on any atom is 0.263 e. The molecule has 5 rings (SSSR count). The molecule has 33 heavy (non-hydrogen) atoms. The average molecular weight is 441 g/mol. The number of hydrogen-bond acceptors (Lipinski definition) is 4. The fourth-order valence-corrected chi connectivity index (χ4v) is 4.07. The molecule has 7 heteroatoms. The number of anilines is 1. The van der Waals surface area contributed by atoms with Gasteiger partial charge in [-0.3, -0.25) is 9.59 Å². The van der Waals surface area contributed by atoms with Gasteiger partial charge in [-0.2, -0.15) is 0 Å². The Morgan fingerprint density at radius 3 is 2.64 bits per heavy atom. The number of aryl methyl sites for hydroxylation is 2. The van der Waals surface area contributed by atoms with Crippen LogP contribution in [-0.2, 0) is 18.4 Å². The number of hydrogen-bond donors (Lipinski definition) is 1. The number of aromatic nitrogens is 2. The van der Waals surface area contributed by atoms with Crippen molar-refractivity contribution in [1.29, 1.82) is 0 Å². The van der Waals surface area contributed by atoms with Gasteiger partial charge in [0.1, 0.15) is 11.6 Å². The Morgan fingerprint density at radius 2 is 1.82 bits per heavy atom. The van der Waals surface area contributed by atoms with Gasteiger partial charge in [0, 0.05) is 19.2 Å². The molecule has 1 N–H and O–H groups in total. The number of rotatable bonds is 4. The maximum absolute atomic E-state index is 13.5. The number of imidazole rings is 1. The van der Waals surface area contributed by atoms with E-state index in [2.05, 4.69) is 10.3 Å². The molecule has 0 fully saturated rings. The normalized spacial score (nSPS) is 15.1. The molecule has 0 radical (unpaired) electrons. The van der Waals surface area contributed by atoms with Crippen molar-refractivity contribution in [2.45, 2.75) is 19.6 Å². The molecule has 166 valence electrons. The third kappa shape index (κ3) is 3.93. The van der Waals surface area contributed by atoms with Gasteiger partial charge in [0.05, 0.1) is 23.3 Å². The van der Waals surface area contributed by atoms with E-state index in [9.17, 15) is 9.59 Å². The van der Waals surface area contributed by atoms with Crippen molar-refractivity contribution in [1.82, 2.24) is 14.9 Å². The zero-order valence-electron chi connectivity index (χ0n) is 18.5. The van der Waals surface area contributed by atoms with Crippen molar-refractivity contribution in [3.8, 4) is 5.75 Å². The van der Waals surface area contributed by atoms with Crippen LogP contribution in [0.5, 0.6) is 5.75 Å². The third-order valence-electron chi connectivity index (χ3n) is 5.97. The van der Waals surface area contributed by atoms with Crippen LogP contribution >= 0.6 is 0 Å². The van der Waals surface area contributed by atoms with E-state index in [0.717, 1.165) is 22.4 Å². The summed E-state index contributed by atoms with van der Waals surface area (Å²) in [6, 6.07) is 22.5. The Bertz CT molecular complexity index is 1350. The molecule has 0 bridgehead atoms. The van der Waals surface area contributed by atoms with Crippen LogP contribution in [0.4, 0.5) is 5.69 Å². The Balaban J connectivity index is 1.41. The standard InChI is InChI=1S/C26H24N4O3/c1-17-28-20-14-19(12-13-21(20)29(17)2)26(32)30-16-24(33-23-11-7-6-10-22(23)30)25(31)27-15-18-8-4-3-5-9-18/h3-14,24H,15-16H2,1-2H3,(H,27,31)/t24-/m0/s1. The quantitative estimate of drug-likeness (QED) is 0.526. The SMILES string of the molecule is Cc1nc2cc(C(=O)N3C[C@@H](C(=O)NCc4ccccc4)Oc4ccccc43)ccc2n1C. The summed E-state index contributed by atoms with van der Waals surface area (Å²) >= 11 is 0. The van der Waals surface area contributed by atoms with Crippen molar-refractivity contribution >= 4 is 28.5 Å². The van der Waals surface area contributed by atoms with Crippen LogP contribution in [0.1, 0.15) is 21.7 Å². The Hall–Kier alpha value is -4.13. The van der Waals surface area contributed by atoms with Crippen molar-refractivity contribution in [2.75, 3.05) is 11.4 Å². The first-order chi connectivity index (χ1) is 16.0. The second-order valence-electron chi connectivity index (χ2n) is 8.11. The second-order valence-corrected chi connectivity index (χ2v) is 8.11. The van der Waals surface area contributed by atoms with E-state index < -0.39 is 6.10 Å². The van der Waals surface area contributed by atoms with Crippen molar-refractivity contribution < 1.29 is 14.3 Å². The largest absolute Gasteiger partial charge is 0.477 e. The highest BCUT2D eigenvalue weighted by atomic mass is 16.5. The number of amides is 2. The lowest BCUT2D eigenvalue weighted by Crippen LogP contribution is -2.50. The number of fused-ring (bicyclic) bond motifs is 2. The zero-order chi connectivity index (χ0) is 22.9. The summed E-state index contributed by atoms with van der Waals surface area (Å²) in [6.07, 6.45) is -0.812. The molecular formula is C26H24N4O3. The molecule has 1 aromatic heterocycles. The van der Waals surface area contributed by atoms with Gasteiger partial charge in [0.2, 0.25) is 0 Å². The summed E-state index contributed by atoms with van der Waals surface area (Å²) in [7, 11) is 1.95. The number of nitrogens with one attached hydrogen (secondary N) is 1. The summed E-state index contributed by atoms with van der Waals surface area (Å²) in [4.78, 5) is 32.6. The summed E-state index contributed by atoms with van der Waals surface area (Å²) in [5.41, 5.74) is 3.88. The predicted molar refractivity (Wildman–Crippen MR) is 126 cm³/mol. The van der Waals surface area contributed by atoms with E-state index in [-0.39, 0.29) is 18.4 Å². The van der Waals surface area contributed by atoms with Crippen LogP contribution in [0.2, 0.25) is 0 Å². The molecule has 1 atom stereocenters. The Morgan fingerprint density at radius 1 is 1.06 bits per heavy atom. The highest BCUT2D eigenvalue weighted by Crippen LogP contribution is 2.34. The number of benzene rings is 3. The molecule has 1 aliphatic heterocycles. The molecule has 0 saturated heterocycles. The van der Waals surface area contributed by atoms with Gasteiger partial charge < -0.3 is 19.5 Å². The maximum atomic E-state index is 13.5. The smallest absolute Gasteiger partial charge is 0.263 e. The minimum Gasteiger partial charge on any atom is -0.477 e. The van der Waals surface area contributed by atoms with Gasteiger partial charge >= 0.3 is 0 Å². The highest BCUT2D eigenvalue weighted by molar-refractivity contribution is 6.09. The van der Waals surface area contributed by atoms with Gasteiger partial charge in [-0.1, -0.05) is 42.5 Å². The lowest BCUT2D eigenvalue weighted by Gasteiger charge is -2.34. The summed E-state index contributed by atoms with van der Waals surface area (Å²) < 4.78 is 7.95. The number of para-hydroxylation sites is 2. The first-order valence-electron chi connectivity index (χ1n) is 10.8. The van der Waals surface area contributed by atoms with E-state index in [1.54, 1.807) is 23.1 Å². The van der Waals surface area contributed by atoms with Gasteiger partial charge in [0.25, 0.3) is 11.8 Å². The van der Waals surface area contributed by atoms with E-state index in [4.69, 9.17) is 4.74 Å². The predicted octanol–water partition coefficient (Wildman–Crippen LogP) is 3.61. The number of nitrogens with zero attached hydrogens (tertiary/aromatic N) is 3. The number of carbonyl (C=O) groups is 2. The van der Waals surface area contributed by atoms with Gasteiger partial charge in [-0.25, -0.2) is 4.98 Å². The molecule has 0 saturated carbocycles. The van der Waals surface area contributed by atoms with Gasteiger partial charge in [-0.05, 0) is 42.8 Å². The molecule has 0 spiro atoms. The fraction of sp³-hybridized carbons (Fsp3) is 0.192. The lowest BCUT2D eigenvalue weighted by molar-refractivity contribution is -0.127. The second kappa shape index (κ2) is 8.43. The zero-order valence-corrected chi connectivity index (χ0v) is 18.5. The van der Waals surface area contributed by atoms with Crippen LogP contribution in [-0.4, -0.2) is 34.0 Å². The highest BCUT2D eigenvalue weighted by Gasteiger charge is 2.34. The molecule has 1 aliphatic rings. The van der Waals surface area contributed by atoms with Crippen LogP contribution < -0.4 is 15.0 Å². The fourth-order valence-electron chi connectivity index (χ4n) is 4.07. The molecular weight excluding hydrogens is 416 g/mol. The first kappa shape index (κ1) is 20.8. The average Bonchev–Trinajstić information content (AvgIpc) is 3.14. The molecule has 7 nitrogen and oxygen atoms in total. The Kier molecular flexibility index (Phi) is 5.30. The topological polar surface area (TPSA) is 76.5 Å². The van der Waals surface area contributed by atoms with Crippen LogP contribution in [0.25, 0.3) is 11.0 Å². The van der Waals surface area contributed by atoms with Crippen molar-refractivity contribution in [3.05, 3.63) is 89.7 Å². The summed E-state index contributed by atoms with van der Waals surface area (Å²) in [5.74, 6) is 0.923. The van der Waals surface area contributed by atoms with Crippen LogP contribution in [0.3, 0.4) is 0 Å². The molecule has 0 unspecified atom stereocenters. The van der Waals surface area contributed by atoms with E-state index in [1.165, 1.54) is 0 Å². The molecule has 4 aromatic rings. The van der Waals surface area contributed by atoms with Crippen molar-refractivity contribution in [3.63, 3.8) is 0 Å². The van der Waals surface area contributed by atoms with Gasteiger partial charge in [-0.15, -0.1) is 0 Å². The molecule has 2 heterocycles.